The Morgan fingerprint density at radius 2 is 1.64 bits per heavy atom. The lowest BCUT2D eigenvalue weighted by Crippen LogP contribution is -2.22. The lowest BCUT2D eigenvalue weighted by molar-refractivity contribution is -0.136. The molecule has 1 aliphatic heterocycles. The molecule has 0 amide bonds. The van der Waals surface area contributed by atoms with Crippen molar-refractivity contribution in [2.75, 3.05) is 10.6 Å². The lowest BCUT2D eigenvalue weighted by Gasteiger charge is -2.36. The maximum absolute atomic E-state index is 12.0. The minimum atomic E-state index is -0.797. The van der Waals surface area contributed by atoms with E-state index in [1.807, 2.05) is 0 Å². The van der Waals surface area contributed by atoms with Gasteiger partial charge in [0.15, 0.2) is 0 Å². The van der Waals surface area contributed by atoms with E-state index in [0.29, 0.717) is 0 Å². The van der Waals surface area contributed by atoms with Crippen LogP contribution in [0.1, 0.15) is 93.2 Å². The normalized spacial score (nSPS) is 12.5. The van der Waals surface area contributed by atoms with E-state index >= 15 is 0 Å². The maximum atomic E-state index is 12.0. The highest BCUT2D eigenvalue weighted by Crippen LogP contribution is 2.50. The van der Waals surface area contributed by atoms with Gasteiger partial charge in [0, 0.05) is 11.8 Å². The Balaban J connectivity index is 0.000000892. The molecule has 0 fully saturated rings. The summed E-state index contributed by atoms with van der Waals surface area (Å²) in [6, 6.07) is 15.3. The molecule has 4 rings (SSSR count). The topological polar surface area (TPSA) is 60.8 Å². The van der Waals surface area contributed by atoms with E-state index in [1.54, 1.807) is 32.7 Å². The summed E-state index contributed by atoms with van der Waals surface area (Å²) in [6.45, 7) is 14.6. The molecule has 4 nitrogen and oxygen atoms in total. The van der Waals surface area contributed by atoms with Crippen LogP contribution in [0.15, 0.2) is 48.5 Å². The molecule has 3 aromatic carbocycles. The van der Waals surface area contributed by atoms with Crippen molar-refractivity contribution in [2.24, 2.45) is 0 Å². The minimum Gasteiger partial charge on any atom is -0.481 e. The molecule has 3 aromatic rings. The third-order valence-corrected chi connectivity index (χ3v) is 8.23. The van der Waals surface area contributed by atoms with Crippen LogP contribution >= 0.6 is 11.9 Å². The number of carboxylic acids is 1. The Bertz CT molecular complexity index is 1390. The molecule has 0 atom stereocenters. The Kier molecular flexibility index (Phi) is 11.9. The van der Waals surface area contributed by atoms with Gasteiger partial charge in [0.1, 0.15) is 0 Å². The van der Waals surface area contributed by atoms with Crippen molar-refractivity contribution in [3.63, 3.8) is 0 Å². The van der Waals surface area contributed by atoms with Gasteiger partial charge in [-0.05, 0) is 105 Å². The second kappa shape index (κ2) is 14.9. The molecule has 0 aromatic heterocycles. The highest BCUT2D eigenvalue weighted by Gasteiger charge is 2.30. The zero-order valence-electron chi connectivity index (χ0n) is 26.8. The molecular formula is C37H49NO3S. The third kappa shape index (κ3) is 8.75. The third-order valence-electron chi connectivity index (χ3n) is 7.48. The van der Waals surface area contributed by atoms with E-state index in [2.05, 4.69) is 92.9 Å². The summed E-state index contributed by atoms with van der Waals surface area (Å²) in [5.74, 6) is -0.797. The van der Waals surface area contributed by atoms with Gasteiger partial charge in [-0.3, -0.25) is 4.79 Å². The number of carbonyl (C=O) groups is 1. The number of unbranched alkanes of at least 4 members (excludes halogenated alkanes) is 4. The second-order valence-corrected chi connectivity index (χ2v) is 13.1. The van der Waals surface area contributed by atoms with E-state index in [9.17, 15) is 9.90 Å². The number of rotatable bonds is 10. The summed E-state index contributed by atoms with van der Waals surface area (Å²) in [7, 11) is 0. The molecule has 0 unspecified atom stereocenters. The number of nitrogens with zero attached hydrogens (tertiary/aromatic N) is 1. The quantitative estimate of drug-likeness (QED) is 0.183. The van der Waals surface area contributed by atoms with Crippen molar-refractivity contribution in [1.29, 1.82) is 0 Å². The fraction of sp³-hybridized carbons (Fsp3) is 0.432. The summed E-state index contributed by atoms with van der Waals surface area (Å²) in [4.78, 5) is 12.0. The number of aliphatic carboxylic acids is 1. The van der Waals surface area contributed by atoms with E-state index in [-0.39, 0.29) is 6.42 Å². The van der Waals surface area contributed by atoms with Gasteiger partial charge in [0.05, 0.1) is 24.3 Å². The average molecular weight is 588 g/mol. The average Bonchev–Trinajstić information content (AvgIpc) is 2.92. The largest absolute Gasteiger partial charge is 0.481 e. The van der Waals surface area contributed by atoms with Crippen LogP contribution < -0.4 is 4.31 Å². The summed E-state index contributed by atoms with van der Waals surface area (Å²) in [5, 5.41) is 18.3. The van der Waals surface area contributed by atoms with Crippen molar-refractivity contribution in [3.05, 3.63) is 81.9 Å². The lowest BCUT2D eigenvalue weighted by atomic mass is 9.80. The molecule has 0 saturated carbocycles. The van der Waals surface area contributed by atoms with Gasteiger partial charge < -0.3 is 14.5 Å². The van der Waals surface area contributed by atoms with Crippen molar-refractivity contribution >= 4 is 29.7 Å². The predicted octanol–water partition coefficient (Wildman–Crippen LogP) is 9.93. The van der Waals surface area contributed by atoms with Gasteiger partial charge in [-0.1, -0.05) is 92.2 Å². The highest BCUT2D eigenvalue weighted by atomic mass is 32.2. The number of anilines is 1. The van der Waals surface area contributed by atoms with Crippen LogP contribution in [-0.4, -0.2) is 28.0 Å². The standard InChI is InChI=1S/C33H39NO2S.C4H10O/c1-6-7-8-9-10-11-12-25-15-18-28-27(19-25)21-34(37-5)33-23(3)29(20-30(35)36)31(24(4)32(28)33)26-16-13-22(2)14-17-26;1-4(2,3)5/h11-19H,6-10,20-21H2,1-5H3,(H,35,36);5H,1-3H3/b12-11+;. The molecule has 1 heterocycles. The number of allylic oxidation sites excluding steroid dienone is 1. The van der Waals surface area contributed by atoms with Crippen LogP contribution in [0.2, 0.25) is 0 Å². The first-order valence-electron chi connectivity index (χ1n) is 15.1. The molecule has 1 aliphatic rings. The molecule has 0 saturated heterocycles. The van der Waals surface area contributed by atoms with Crippen molar-refractivity contribution < 1.29 is 15.0 Å². The van der Waals surface area contributed by atoms with Gasteiger partial charge in [-0.25, -0.2) is 0 Å². The zero-order chi connectivity index (χ0) is 31.0. The van der Waals surface area contributed by atoms with Crippen LogP contribution in [0.4, 0.5) is 5.69 Å². The molecule has 5 heteroatoms. The summed E-state index contributed by atoms with van der Waals surface area (Å²) in [6.07, 6.45) is 13.0. The van der Waals surface area contributed by atoms with Crippen molar-refractivity contribution in [2.45, 2.75) is 99.1 Å². The minimum absolute atomic E-state index is 0.0141. The van der Waals surface area contributed by atoms with Crippen LogP contribution in [0, 0.1) is 20.8 Å². The smallest absolute Gasteiger partial charge is 0.307 e. The van der Waals surface area contributed by atoms with Crippen LogP contribution in [-0.2, 0) is 17.8 Å². The number of aliphatic hydroxyl groups is 1. The van der Waals surface area contributed by atoms with Gasteiger partial charge in [0.25, 0.3) is 0 Å². The van der Waals surface area contributed by atoms with Crippen molar-refractivity contribution in [1.82, 2.24) is 0 Å². The summed E-state index contributed by atoms with van der Waals surface area (Å²) < 4.78 is 2.34. The van der Waals surface area contributed by atoms with Gasteiger partial charge in [-0.15, -0.1) is 0 Å². The van der Waals surface area contributed by atoms with E-state index < -0.39 is 11.6 Å². The molecule has 2 N–H and O–H groups in total. The SMILES string of the molecule is CC(C)(C)O.CCCCCC/C=C/c1ccc2c(c1)CN(SC)c1c(C)c(CC(=O)O)c(-c3ccc(C)cc3)c(C)c1-2. The molecular weight excluding hydrogens is 538 g/mol. The number of carboxylic acid groups (broad SMARTS) is 1. The first-order valence-corrected chi connectivity index (χ1v) is 16.3. The Morgan fingerprint density at radius 1 is 0.976 bits per heavy atom. The molecule has 42 heavy (non-hydrogen) atoms. The fourth-order valence-electron chi connectivity index (χ4n) is 5.56. The zero-order valence-corrected chi connectivity index (χ0v) is 27.6. The molecule has 0 spiro atoms. The predicted molar refractivity (Wildman–Crippen MR) is 182 cm³/mol. The van der Waals surface area contributed by atoms with Gasteiger partial charge in [0.2, 0.25) is 0 Å². The highest BCUT2D eigenvalue weighted by molar-refractivity contribution is 7.99. The molecule has 0 bridgehead atoms. The van der Waals surface area contributed by atoms with E-state index in [4.69, 9.17) is 5.11 Å². The van der Waals surface area contributed by atoms with Gasteiger partial charge in [-0.2, -0.15) is 0 Å². The Hall–Kier alpha value is -3.02. The number of fused-ring (bicyclic) bond motifs is 3. The number of aryl methyl sites for hydroxylation is 1. The first kappa shape index (κ1) is 33.5. The second-order valence-electron chi connectivity index (χ2n) is 12.3. The molecule has 0 radical (unpaired) electrons. The number of benzene rings is 3. The number of hydrogen-bond acceptors (Lipinski definition) is 4. The first-order chi connectivity index (χ1) is 19.8. The molecule has 226 valence electrons. The fourth-order valence-corrected chi connectivity index (χ4v) is 6.24. The Labute approximate surface area is 258 Å². The van der Waals surface area contributed by atoms with Crippen LogP contribution in [0.25, 0.3) is 28.3 Å². The van der Waals surface area contributed by atoms with Gasteiger partial charge >= 0.3 is 5.97 Å². The van der Waals surface area contributed by atoms with Crippen LogP contribution in [0.5, 0.6) is 0 Å². The Morgan fingerprint density at radius 3 is 2.24 bits per heavy atom. The summed E-state index contributed by atoms with van der Waals surface area (Å²) in [5.41, 5.74) is 12.2. The molecule has 0 aliphatic carbocycles. The van der Waals surface area contributed by atoms with Crippen LogP contribution in [0.3, 0.4) is 0 Å². The number of hydrogen-bond donors (Lipinski definition) is 2. The van der Waals surface area contributed by atoms with E-state index in [1.165, 1.54) is 53.5 Å². The van der Waals surface area contributed by atoms with E-state index in [0.717, 1.165) is 46.5 Å². The summed E-state index contributed by atoms with van der Waals surface area (Å²) >= 11 is 1.71. The monoisotopic (exact) mass is 587 g/mol. The maximum Gasteiger partial charge on any atom is 0.307 e. The van der Waals surface area contributed by atoms with Crippen molar-refractivity contribution in [3.8, 4) is 22.3 Å².